The number of amides is 1. The van der Waals surface area contributed by atoms with Gasteiger partial charge in [0.05, 0.1) is 0 Å². The summed E-state index contributed by atoms with van der Waals surface area (Å²) in [5.41, 5.74) is 2.74. The van der Waals surface area contributed by atoms with Crippen LogP contribution in [0.1, 0.15) is 28.1 Å². The summed E-state index contributed by atoms with van der Waals surface area (Å²) in [5.74, 6) is -0.664. The minimum absolute atomic E-state index is 0.0845. The maximum Gasteiger partial charge on any atom is 0.407 e. The Kier molecular flexibility index (Phi) is 6.84. The van der Waals surface area contributed by atoms with Crippen molar-refractivity contribution in [1.82, 2.24) is 5.32 Å². The summed E-state index contributed by atoms with van der Waals surface area (Å²) in [6, 6.07) is 20.1. The second kappa shape index (κ2) is 9.94. The zero-order valence-electron chi connectivity index (χ0n) is 15.7. The number of carbonyl (C=O) groups excluding carboxylic acids is 1. The van der Waals surface area contributed by atoms with Crippen molar-refractivity contribution in [3.05, 3.63) is 89.7 Å². The second-order valence-corrected chi connectivity index (χ2v) is 6.27. The molecule has 29 heavy (non-hydrogen) atoms. The van der Waals surface area contributed by atoms with E-state index in [1.165, 1.54) is 6.07 Å². The monoisotopic (exact) mass is 391 g/mol. The van der Waals surface area contributed by atoms with Gasteiger partial charge in [0.2, 0.25) is 5.76 Å². The quantitative estimate of drug-likeness (QED) is 0.529. The summed E-state index contributed by atoms with van der Waals surface area (Å²) < 4.78 is 10.4. The largest absolute Gasteiger partial charge is 0.475 e. The minimum atomic E-state index is -1.09. The van der Waals surface area contributed by atoms with Gasteiger partial charge < -0.3 is 19.6 Å². The highest BCUT2D eigenvalue weighted by molar-refractivity contribution is 5.85. The van der Waals surface area contributed by atoms with Crippen LogP contribution in [0.3, 0.4) is 0 Å². The molecule has 2 aromatic carbocycles. The number of carboxylic acids is 1. The maximum absolute atomic E-state index is 11.7. The van der Waals surface area contributed by atoms with Gasteiger partial charge in [-0.25, -0.2) is 9.59 Å². The van der Waals surface area contributed by atoms with Crippen molar-refractivity contribution in [3.8, 4) is 11.3 Å². The number of aromatic carboxylic acids is 1. The molecule has 3 aromatic rings. The maximum atomic E-state index is 11.7. The fourth-order valence-corrected chi connectivity index (χ4v) is 2.62. The van der Waals surface area contributed by atoms with Gasteiger partial charge in [0.15, 0.2) is 0 Å². The third-order valence-electron chi connectivity index (χ3n) is 4.12. The van der Waals surface area contributed by atoms with Gasteiger partial charge in [-0.05, 0) is 29.7 Å². The highest BCUT2D eigenvalue weighted by Gasteiger charge is 2.09. The van der Waals surface area contributed by atoms with Crippen molar-refractivity contribution in [2.45, 2.75) is 13.0 Å². The number of carbonyl (C=O) groups is 2. The minimum Gasteiger partial charge on any atom is -0.475 e. The van der Waals surface area contributed by atoms with Crippen LogP contribution in [0.2, 0.25) is 0 Å². The Labute approximate surface area is 168 Å². The van der Waals surface area contributed by atoms with Crippen molar-refractivity contribution < 1.29 is 23.8 Å². The summed E-state index contributed by atoms with van der Waals surface area (Å²) in [4.78, 5) is 22.5. The van der Waals surface area contributed by atoms with Gasteiger partial charge >= 0.3 is 12.1 Å². The van der Waals surface area contributed by atoms with Crippen LogP contribution in [0, 0.1) is 0 Å². The lowest BCUT2D eigenvalue weighted by Crippen LogP contribution is -2.24. The molecule has 0 radical (unpaired) electrons. The van der Waals surface area contributed by atoms with Crippen LogP contribution in [0.25, 0.3) is 17.4 Å². The summed E-state index contributed by atoms with van der Waals surface area (Å²) in [6.45, 7) is 0.727. The first kappa shape index (κ1) is 19.9. The van der Waals surface area contributed by atoms with Crippen LogP contribution in [0.5, 0.6) is 0 Å². The molecule has 0 atom stereocenters. The fraction of sp³-hybridized carbons (Fsp3) is 0.130. The highest BCUT2D eigenvalue weighted by Crippen LogP contribution is 2.23. The van der Waals surface area contributed by atoms with Gasteiger partial charge in [-0.3, -0.25) is 0 Å². The van der Waals surface area contributed by atoms with Crippen molar-refractivity contribution >= 4 is 18.1 Å². The molecule has 1 heterocycles. The third kappa shape index (κ3) is 6.10. The van der Waals surface area contributed by atoms with Crippen molar-refractivity contribution in [3.63, 3.8) is 0 Å². The van der Waals surface area contributed by atoms with E-state index in [1.54, 1.807) is 6.07 Å². The van der Waals surface area contributed by atoms with Gasteiger partial charge in [-0.1, -0.05) is 66.7 Å². The molecule has 6 heteroatoms. The summed E-state index contributed by atoms with van der Waals surface area (Å²) in [5, 5.41) is 11.6. The normalized spacial score (nSPS) is 10.8. The van der Waals surface area contributed by atoms with Gasteiger partial charge in [0.1, 0.15) is 12.4 Å². The zero-order valence-corrected chi connectivity index (χ0v) is 15.7. The highest BCUT2D eigenvalue weighted by atomic mass is 16.5. The number of hydrogen-bond donors (Lipinski definition) is 2. The SMILES string of the molecule is O=C(NCCC=Cc1ccc(-c2ccc(C(=O)O)o2)cc1)OCc1ccccc1. The van der Waals surface area contributed by atoms with E-state index >= 15 is 0 Å². The van der Waals surface area contributed by atoms with E-state index in [2.05, 4.69) is 5.32 Å². The van der Waals surface area contributed by atoms with Crippen LogP contribution in [0.4, 0.5) is 4.79 Å². The Morgan fingerprint density at radius 1 is 1.00 bits per heavy atom. The molecule has 0 fully saturated rings. The lowest BCUT2D eigenvalue weighted by molar-refractivity contribution is 0.0663. The molecule has 0 unspecified atom stereocenters. The average molecular weight is 391 g/mol. The van der Waals surface area contributed by atoms with Gasteiger partial charge in [0, 0.05) is 12.1 Å². The Bertz CT molecular complexity index is 974. The standard InChI is InChI=1S/C23H21NO5/c25-22(26)21-14-13-20(29-21)19-11-9-17(10-12-19)6-4-5-15-24-23(27)28-16-18-7-2-1-3-8-18/h1-4,6-14H,5,15-16H2,(H,24,27)(H,25,26). The van der Waals surface area contributed by atoms with Gasteiger partial charge in [-0.2, -0.15) is 0 Å². The molecule has 0 aliphatic heterocycles. The molecule has 1 amide bonds. The second-order valence-electron chi connectivity index (χ2n) is 6.27. The molecule has 0 spiro atoms. The fourth-order valence-electron chi connectivity index (χ4n) is 2.62. The summed E-state index contributed by atoms with van der Waals surface area (Å²) in [6.07, 6.45) is 4.14. The van der Waals surface area contributed by atoms with Crippen LogP contribution < -0.4 is 5.32 Å². The Balaban J connectivity index is 1.40. The Morgan fingerprint density at radius 3 is 2.45 bits per heavy atom. The number of hydrogen-bond acceptors (Lipinski definition) is 4. The third-order valence-corrected chi connectivity index (χ3v) is 4.12. The van der Waals surface area contributed by atoms with Crippen LogP contribution in [-0.4, -0.2) is 23.7 Å². The molecule has 3 rings (SSSR count). The van der Waals surface area contributed by atoms with E-state index in [1.807, 2.05) is 66.7 Å². The Hall–Kier alpha value is -3.80. The lowest BCUT2D eigenvalue weighted by atomic mass is 10.1. The van der Waals surface area contributed by atoms with Crippen molar-refractivity contribution in [1.29, 1.82) is 0 Å². The molecule has 0 aliphatic rings. The molecule has 0 saturated heterocycles. The number of benzene rings is 2. The van der Waals surface area contributed by atoms with E-state index in [9.17, 15) is 9.59 Å². The number of ether oxygens (including phenoxy) is 1. The predicted molar refractivity (Wildman–Crippen MR) is 109 cm³/mol. The first-order valence-corrected chi connectivity index (χ1v) is 9.16. The number of nitrogens with one attached hydrogen (secondary N) is 1. The number of rotatable bonds is 8. The molecule has 1 aromatic heterocycles. The molecule has 2 N–H and O–H groups in total. The van der Waals surface area contributed by atoms with E-state index in [0.717, 1.165) is 16.7 Å². The van der Waals surface area contributed by atoms with Crippen LogP contribution >= 0.6 is 0 Å². The van der Waals surface area contributed by atoms with Crippen molar-refractivity contribution in [2.24, 2.45) is 0 Å². The molecule has 0 bridgehead atoms. The smallest absolute Gasteiger partial charge is 0.407 e. The molecule has 0 saturated carbocycles. The van der Waals surface area contributed by atoms with Crippen LogP contribution in [0.15, 0.2) is 77.2 Å². The Morgan fingerprint density at radius 2 is 1.76 bits per heavy atom. The topological polar surface area (TPSA) is 88.8 Å². The average Bonchev–Trinajstić information content (AvgIpc) is 3.24. The van der Waals surface area contributed by atoms with Crippen LogP contribution in [-0.2, 0) is 11.3 Å². The molecular weight excluding hydrogens is 370 g/mol. The zero-order chi connectivity index (χ0) is 20.5. The number of carboxylic acid groups (broad SMARTS) is 1. The number of furan rings is 1. The first-order valence-electron chi connectivity index (χ1n) is 9.16. The molecular formula is C23H21NO5. The predicted octanol–water partition coefficient (Wildman–Crippen LogP) is 4.97. The molecule has 6 nitrogen and oxygen atoms in total. The van der Waals surface area contributed by atoms with Gasteiger partial charge in [0.25, 0.3) is 0 Å². The van der Waals surface area contributed by atoms with E-state index in [0.29, 0.717) is 18.7 Å². The van der Waals surface area contributed by atoms with E-state index in [-0.39, 0.29) is 12.4 Å². The van der Waals surface area contributed by atoms with Crippen molar-refractivity contribution in [2.75, 3.05) is 6.54 Å². The number of alkyl carbamates (subject to hydrolysis) is 1. The van der Waals surface area contributed by atoms with E-state index < -0.39 is 12.1 Å². The first-order chi connectivity index (χ1) is 14.1. The molecule has 0 aliphatic carbocycles. The summed E-state index contributed by atoms with van der Waals surface area (Å²) in [7, 11) is 0. The van der Waals surface area contributed by atoms with E-state index in [4.69, 9.17) is 14.3 Å². The molecule has 148 valence electrons. The van der Waals surface area contributed by atoms with Gasteiger partial charge in [-0.15, -0.1) is 0 Å². The lowest BCUT2D eigenvalue weighted by Gasteiger charge is -2.05. The summed E-state index contributed by atoms with van der Waals surface area (Å²) >= 11 is 0.